The molecule has 0 bridgehead atoms. The van der Waals surface area contributed by atoms with Gasteiger partial charge in [-0.2, -0.15) is 0 Å². The Morgan fingerprint density at radius 1 is 0.870 bits per heavy atom. The zero-order valence-electron chi connectivity index (χ0n) is 14.2. The van der Waals surface area contributed by atoms with Crippen LogP contribution in [0.2, 0.25) is 0 Å². The summed E-state index contributed by atoms with van der Waals surface area (Å²) < 4.78 is 1.18. The fraction of sp³-hybridized carbons (Fsp3) is 0.429. The van der Waals surface area contributed by atoms with Crippen LogP contribution in [0, 0.1) is 0 Å². The van der Waals surface area contributed by atoms with Gasteiger partial charge in [0.05, 0.1) is 0 Å². The average Bonchev–Trinajstić information content (AvgIpc) is 2.80. The number of fused-ring (bicyclic) bond motifs is 3. The first kappa shape index (κ1) is 16.6. The third-order valence-electron chi connectivity index (χ3n) is 5.26. The number of unbranched alkanes of at least 4 members (excludes halogenated alkanes) is 2. The van der Waals surface area contributed by atoms with Crippen molar-refractivity contribution in [3.8, 4) is 11.1 Å². The second-order valence-electron chi connectivity index (χ2n) is 6.78. The first-order valence-corrected chi connectivity index (χ1v) is 9.62. The lowest BCUT2D eigenvalue weighted by Crippen LogP contribution is -2.25. The highest BCUT2D eigenvalue weighted by atomic mass is 79.9. The molecule has 0 unspecified atom stereocenters. The zero-order chi connectivity index (χ0) is 16.4. The van der Waals surface area contributed by atoms with E-state index < -0.39 is 0 Å². The Kier molecular flexibility index (Phi) is 4.82. The minimum Gasteiger partial charge on any atom is -0.399 e. The van der Waals surface area contributed by atoms with Gasteiger partial charge in [-0.05, 0) is 59.4 Å². The quantitative estimate of drug-likeness (QED) is 0.563. The molecule has 0 radical (unpaired) electrons. The molecule has 122 valence electrons. The van der Waals surface area contributed by atoms with Gasteiger partial charge in [0, 0.05) is 15.6 Å². The molecule has 2 heteroatoms. The maximum atomic E-state index is 6.16. The van der Waals surface area contributed by atoms with E-state index in [2.05, 4.69) is 60.1 Å². The highest BCUT2D eigenvalue weighted by Crippen LogP contribution is 2.54. The van der Waals surface area contributed by atoms with Crippen molar-refractivity contribution in [1.82, 2.24) is 0 Å². The van der Waals surface area contributed by atoms with E-state index in [0.717, 1.165) is 5.69 Å². The van der Waals surface area contributed by atoms with Gasteiger partial charge in [0.25, 0.3) is 0 Å². The molecule has 0 aromatic heterocycles. The number of halogens is 1. The monoisotopic (exact) mass is 371 g/mol. The average molecular weight is 372 g/mol. The number of nitrogens with two attached hydrogens (primary N) is 1. The summed E-state index contributed by atoms with van der Waals surface area (Å²) in [5, 5.41) is 0. The highest BCUT2D eigenvalue weighted by Gasteiger charge is 2.42. The standard InChI is InChI=1S/C21H26BrN/c1-3-5-11-21(12-6-4-2)19-13-15(22)7-9-17(19)18-10-8-16(23)14-20(18)21/h7-10,13-14H,3-6,11-12,23H2,1-2H3. The molecule has 2 N–H and O–H groups in total. The van der Waals surface area contributed by atoms with E-state index in [1.807, 2.05) is 6.07 Å². The van der Waals surface area contributed by atoms with Crippen LogP contribution in [0.4, 0.5) is 5.69 Å². The van der Waals surface area contributed by atoms with Gasteiger partial charge in [-0.3, -0.25) is 0 Å². The third kappa shape index (κ3) is 2.82. The maximum absolute atomic E-state index is 6.16. The molecular formula is C21H26BrN. The van der Waals surface area contributed by atoms with Crippen molar-refractivity contribution in [2.45, 2.75) is 57.8 Å². The van der Waals surface area contributed by atoms with Crippen LogP contribution >= 0.6 is 15.9 Å². The van der Waals surface area contributed by atoms with Gasteiger partial charge in [-0.1, -0.05) is 67.6 Å². The summed E-state index contributed by atoms with van der Waals surface area (Å²) in [4.78, 5) is 0. The Bertz CT molecular complexity index is 643. The molecule has 1 aliphatic carbocycles. The molecule has 0 saturated carbocycles. The van der Waals surface area contributed by atoms with Crippen LogP contribution in [-0.2, 0) is 5.41 Å². The second kappa shape index (κ2) is 6.68. The van der Waals surface area contributed by atoms with Crippen molar-refractivity contribution >= 4 is 21.6 Å². The first-order chi connectivity index (χ1) is 11.1. The van der Waals surface area contributed by atoms with Crippen molar-refractivity contribution in [3.05, 3.63) is 52.0 Å². The molecular weight excluding hydrogens is 346 g/mol. The molecule has 0 spiro atoms. The number of nitrogen functional groups attached to an aromatic ring is 1. The summed E-state index contributed by atoms with van der Waals surface area (Å²) in [7, 11) is 0. The van der Waals surface area contributed by atoms with Crippen LogP contribution in [0.1, 0.15) is 63.5 Å². The largest absolute Gasteiger partial charge is 0.399 e. The van der Waals surface area contributed by atoms with Gasteiger partial charge in [-0.15, -0.1) is 0 Å². The number of anilines is 1. The summed E-state index contributed by atoms with van der Waals surface area (Å²) in [6, 6.07) is 13.3. The van der Waals surface area contributed by atoms with Crippen molar-refractivity contribution < 1.29 is 0 Å². The van der Waals surface area contributed by atoms with E-state index in [1.54, 1.807) is 0 Å². The molecule has 3 rings (SSSR count). The second-order valence-corrected chi connectivity index (χ2v) is 7.70. The van der Waals surface area contributed by atoms with Crippen LogP contribution in [0.5, 0.6) is 0 Å². The molecule has 0 amide bonds. The topological polar surface area (TPSA) is 26.0 Å². The predicted molar refractivity (Wildman–Crippen MR) is 104 cm³/mol. The third-order valence-corrected chi connectivity index (χ3v) is 5.75. The Morgan fingerprint density at radius 2 is 1.43 bits per heavy atom. The van der Waals surface area contributed by atoms with Gasteiger partial charge in [0.15, 0.2) is 0 Å². The number of hydrogen-bond acceptors (Lipinski definition) is 1. The summed E-state index contributed by atoms with van der Waals surface area (Å²) in [5.41, 5.74) is 12.9. The van der Waals surface area contributed by atoms with E-state index >= 15 is 0 Å². The smallest absolute Gasteiger partial charge is 0.0317 e. The lowest BCUT2D eigenvalue weighted by Gasteiger charge is -2.33. The summed E-state index contributed by atoms with van der Waals surface area (Å²) in [6.45, 7) is 4.56. The first-order valence-electron chi connectivity index (χ1n) is 8.83. The normalized spacial score (nSPS) is 14.6. The fourth-order valence-corrected chi connectivity index (χ4v) is 4.47. The van der Waals surface area contributed by atoms with Crippen LogP contribution < -0.4 is 5.73 Å². The Balaban J connectivity index is 2.23. The molecule has 0 atom stereocenters. The van der Waals surface area contributed by atoms with Gasteiger partial charge in [0.1, 0.15) is 0 Å². The molecule has 2 aromatic rings. The molecule has 23 heavy (non-hydrogen) atoms. The van der Waals surface area contributed by atoms with Crippen molar-refractivity contribution in [2.24, 2.45) is 0 Å². The highest BCUT2D eigenvalue weighted by molar-refractivity contribution is 9.10. The Labute approximate surface area is 148 Å². The molecule has 1 aliphatic rings. The van der Waals surface area contributed by atoms with E-state index in [9.17, 15) is 0 Å². The van der Waals surface area contributed by atoms with E-state index in [-0.39, 0.29) is 5.41 Å². The lowest BCUT2D eigenvalue weighted by atomic mass is 9.71. The molecule has 0 heterocycles. The van der Waals surface area contributed by atoms with Crippen molar-refractivity contribution in [1.29, 1.82) is 0 Å². The van der Waals surface area contributed by atoms with Crippen molar-refractivity contribution in [2.75, 3.05) is 5.73 Å². The maximum Gasteiger partial charge on any atom is 0.0317 e. The molecule has 2 aromatic carbocycles. The van der Waals surface area contributed by atoms with Gasteiger partial charge in [0.2, 0.25) is 0 Å². The van der Waals surface area contributed by atoms with Gasteiger partial charge >= 0.3 is 0 Å². The van der Waals surface area contributed by atoms with Crippen LogP contribution in [0.15, 0.2) is 40.9 Å². The SMILES string of the molecule is CCCCC1(CCCC)c2cc(N)ccc2-c2ccc(Br)cc21. The van der Waals surface area contributed by atoms with Crippen LogP contribution in [0.25, 0.3) is 11.1 Å². The van der Waals surface area contributed by atoms with E-state index in [1.165, 1.54) is 65.3 Å². The predicted octanol–water partition coefficient (Wildman–Crippen LogP) is 6.68. The van der Waals surface area contributed by atoms with E-state index in [0.29, 0.717) is 0 Å². The lowest BCUT2D eigenvalue weighted by molar-refractivity contribution is 0.414. The summed E-state index contributed by atoms with van der Waals surface area (Å²) >= 11 is 3.69. The minimum absolute atomic E-state index is 0.135. The zero-order valence-corrected chi connectivity index (χ0v) is 15.7. The number of rotatable bonds is 6. The fourth-order valence-electron chi connectivity index (χ4n) is 4.11. The Hall–Kier alpha value is -1.28. The van der Waals surface area contributed by atoms with Gasteiger partial charge < -0.3 is 5.73 Å². The summed E-state index contributed by atoms with van der Waals surface area (Å²) in [5.74, 6) is 0. The van der Waals surface area contributed by atoms with Gasteiger partial charge in [-0.25, -0.2) is 0 Å². The Morgan fingerprint density at radius 3 is 2.04 bits per heavy atom. The molecule has 0 fully saturated rings. The molecule has 1 nitrogen and oxygen atoms in total. The van der Waals surface area contributed by atoms with E-state index in [4.69, 9.17) is 5.73 Å². The van der Waals surface area contributed by atoms with Crippen LogP contribution in [-0.4, -0.2) is 0 Å². The number of hydrogen-bond donors (Lipinski definition) is 1. The molecule has 0 saturated heterocycles. The minimum atomic E-state index is 0.135. The van der Waals surface area contributed by atoms with Crippen LogP contribution in [0.3, 0.4) is 0 Å². The number of benzene rings is 2. The van der Waals surface area contributed by atoms with Crippen molar-refractivity contribution in [3.63, 3.8) is 0 Å². The molecule has 0 aliphatic heterocycles. The summed E-state index contributed by atoms with van der Waals surface area (Å²) in [6.07, 6.45) is 7.39.